The van der Waals surface area contributed by atoms with Crippen LogP contribution in [0, 0.1) is 0 Å². The van der Waals surface area contributed by atoms with Crippen LogP contribution < -0.4 is 5.73 Å². The number of hydrogen-bond acceptors (Lipinski definition) is 3. The molecule has 0 aromatic carbocycles. The van der Waals surface area contributed by atoms with Crippen molar-refractivity contribution in [2.45, 2.75) is 13.3 Å². The van der Waals surface area contributed by atoms with Gasteiger partial charge in [-0.25, -0.2) is 0 Å². The number of rotatable bonds is 3. The lowest BCUT2D eigenvalue weighted by Crippen LogP contribution is -2.08. The van der Waals surface area contributed by atoms with E-state index in [2.05, 4.69) is 11.3 Å². The Morgan fingerprint density at radius 1 is 1.78 bits per heavy atom. The van der Waals surface area contributed by atoms with Crippen LogP contribution in [-0.4, -0.2) is 12.6 Å². The van der Waals surface area contributed by atoms with E-state index < -0.39 is 0 Å². The van der Waals surface area contributed by atoms with Crippen molar-refractivity contribution < 1.29 is 9.53 Å². The fourth-order valence-electron chi connectivity index (χ4n) is 0.397. The first kappa shape index (κ1) is 8.01. The monoisotopic (exact) mass is 129 g/mol. The van der Waals surface area contributed by atoms with Crippen LogP contribution in [0.3, 0.4) is 0 Å². The van der Waals surface area contributed by atoms with E-state index in [0.717, 1.165) is 0 Å². The molecule has 0 saturated heterocycles. The van der Waals surface area contributed by atoms with Crippen LogP contribution in [0.15, 0.2) is 12.3 Å². The third kappa shape index (κ3) is 4.87. The molecule has 0 amide bonds. The van der Waals surface area contributed by atoms with Gasteiger partial charge in [-0.2, -0.15) is 0 Å². The zero-order valence-electron chi connectivity index (χ0n) is 5.52. The highest BCUT2D eigenvalue weighted by Gasteiger charge is 1.99. The van der Waals surface area contributed by atoms with Crippen LogP contribution >= 0.6 is 0 Å². The van der Waals surface area contributed by atoms with Gasteiger partial charge < -0.3 is 10.5 Å². The minimum Gasteiger partial charge on any atom is -0.466 e. The topological polar surface area (TPSA) is 52.3 Å². The van der Waals surface area contributed by atoms with E-state index in [1.807, 2.05) is 0 Å². The Kier molecular flexibility index (Phi) is 3.51. The van der Waals surface area contributed by atoms with Crippen molar-refractivity contribution in [2.24, 2.45) is 5.73 Å². The first-order valence-corrected chi connectivity index (χ1v) is 2.75. The maximum Gasteiger partial charge on any atom is 0.311 e. The second kappa shape index (κ2) is 3.95. The summed E-state index contributed by atoms with van der Waals surface area (Å²) < 4.78 is 4.57. The first-order chi connectivity index (χ1) is 4.16. The van der Waals surface area contributed by atoms with E-state index in [9.17, 15) is 4.79 Å². The molecule has 2 N–H and O–H groups in total. The second-order valence-electron chi connectivity index (χ2n) is 1.64. The zero-order chi connectivity index (χ0) is 7.28. The highest BCUT2D eigenvalue weighted by Crippen LogP contribution is 1.90. The van der Waals surface area contributed by atoms with E-state index in [4.69, 9.17) is 5.73 Å². The van der Waals surface area contributed by atoms with Crippen molar-refractivity contribution in [3.05, 3.63) is 12.3 Å². The average Bonchev–Trinajstić information content (AvgIpc) is 1.63. The number of hydrogen-bond donors (Lipinski definition) is 1. The maximum absolute atomic E-state index is 10.5. The molecule has 0 heterocycles. The quantitative estimate of drug-likeness (QED) is 0.561. The van der Waals surface area contributed by atoms with Gasteiger partial charge in [0.25, 0.3) is 0 Å². The van der Waals surface area contributed by atoms with Gasteiger partial charge in [0.05, 0.1) is 13.0 Å². The zero-order valence-corrected chi connectivity index (χ0v) is 5.52. The van der Waals surface area contributed by atoms with Gasteiger partial charge in [0.15, 0.2) is 0 Å². The molecule has 0 rings (SSSR count). The lowest BCUT2D eigenvalue weighted by atomic mass is 10.4. The summed E-state index contributed by atoms with van der Waals surface area (Å²) in [6.07, 6.45) is 0.119. The molecule has 9 heavy (non-hydrogen) atoms. The third-order valence-electron chi connectivity index (χ3n) is 0.677. The van der Waals surface area contributed by atoms with Crippen LogP contribution in [0.25, 0.3) is 0 Å². The Labute approximate surface area is 54.5 Å². The summed E-state index contributed by atoms with van der Waals surface area (Å²) in [5.74, 6) is -0.315. The van der Waals surface area contributed by atoms with Gasteiger partial charge >= 0.3 is 5.97 Å². The van der Waals surface area contributed by atoms with E-state index in [0.29, 0.717) is 12.3 Å². The predicted octanol–water partition coefficient (Wildman–Crippen LogP) is 0.412. The Hall–Kier alpha value is -0.990. The van der Waals surface area contributed by atoms with Crippen LogP contribution in [0.5, 0.6) is 0 Å². The molecule has 0 atom stereocenters. The second-order valence-corrected chi connectivity index (χ2v) is 1.64. The van der Waals surface area contributed by atoms with Gasteiger partial charge in [0.1, 0.15) is 0 Å². The Balaban J connectivity index is 3.39. The molecule has 0 radical (unpaired) electrons. The van der Waals surface area contributed by atoms with Crippen molar-refractivity contribution in [3.63, 3.8) is 0 Å². The number of ether oxygens (including phenoxy) is 1. The van der Waals surface area contributed by atoms with Crippen molar-refractivity contribution in [2.75, 3.05) is 6.61 Å². The largest absolute Gasteiger partial charge is 0.466 e. The summed E-state index contributed by atoms with van der Waals surface area (Å²) in [5, 5.41) is 0. The third-order valence-corrected chi connectivity index (χ3v) is 0.677. The maximum atomic E-state index is 10.5. The number of carbonyl (C=O) groups is 1. The van der Waals surface area contributed by atoms with Crippen molar-refractivity contribution in [3.8, 4) is 0 Å². The smallest absolute Gasteiger partial charge is 0.311 e. The van der Waals surface area contributed by atoms with Crippen LogP contribution in [0.2, 0.25) is 0 Å². The summed E-state index contributed by atoms with van der Waals surface area (Å²) in [6.45, 7) is 5.50. The highest BCUT2D eigenvalue weighted by atomic mass is 16.5. The van der Waals surface area contributed by atoms with Gasteiger partial charge in [-0.3, -0.25) is 4.79 Å². The van der Waals surface area contributed by atoms with Crippen molar-refractivity contribution in [1.82, 2.24) is 0 Å². The van der Waals surface area contributed by atoms with Crippen LogP contribution in [0.1, 0.15) is 13.3 Å². The van der Waals surface area contributed by atoms with E-state index in [1.54, 1.807) is 6.92 Å². The normalized spacial score (nSPS) is 8.56. The lowest BCUT2D eigenvalue weighted by molar-refractivity contribution is -0.142. The predicted molar refractivity (Wildman–Crippen MR) is 34.6 cm³/mol. The Bertz CT molecular complexity index is 120. The summed E-state index contributed by atoms with van der Waals surface area (Å²) in [7, 11) is 0. The molecule has 0 unspecified atom stereocenters. The van der Waals surface area contributed by atoms with Gasteiger partial charge in [0, 0.05) is 5.70 Å². The number of esters is 1. The van der Waals surface area contributed by atoms with Crippen LogP contribution in [-0.2, 0) is 9.53 Å². The standard InChI is InChI=1S/C6H11NO2/c1-3-9-6(8)4-5(2)7/h2-4,7H2,1H3. The lowest BCUT2D eigenvalue weighted by Gasteiger charge is -1.98. The Morgan fingerprint density at radius 3 is 2.67 bits per heavy atom. The summed E-state index contributed by atoms with van der Waals surface area (Å²) in [4.78, 5) is 10.5. The molecule has 0 aliphatic heterocycles. The average molecular weight is 129 g/mol. The molecule has 52 valence electrons. The van der Waals surface area contributed by atoms with Gasteiger partial charge in [0.2, 0.25) is 0 Å². The molecule has 0 aliphatic carbocycles. The number of carbonyl (C=O) groups excluding carboxylic acids is 1. The molecule has 0 saturated carbocycles. The summed E-state index contributed by atoms with van der Waals surface area (Å²) in [6, 6.07) is 0. The molecular weight excluding hydrogens is 118 g/mol. The molecular formula is C6H11NO2. The van der Waals surface area contributed by atoms with E-state index >= 15 is 0 Å². The van der Waals surface area contributed by atoms with E-state index in [1.165, 1.54) is 0 Å². The molecule has 0 aromatic heterocycles. The minimum absolute atomic E-state index is 0.119. The molecule has 0 aromatic rings. The molecule has 0 bridgehead atoms. The van der Waals surface area contributed by atoms with Crippen molar-refractivity contribution in [1.29, 1.82) is 0 Å². The van der Waals surface area contributed by atoms with Gasteiger partial charge in [-0.05, 0) is 6.92 Å². The van der Waals surface area contributed by atoms with Gasteiger partial charge in [-0.1, -0.05) is 6.58 Å². The minimum atomic E-state index is -0.315. The van der Waals surface area contributed by atoms with E-state index in [-0.39, 0.29) is 12.4 Å². The molecule has 3 nitrogen and oxygen atoms in total. The molecule has 0 fully saturated rings. The SMILES string of the molecule is C=C(N)CC(=O)OCC. The fraction of sp³-hybridized carbons (Fsp3) is 0.500. The molecule has 0 spiro atoms. The first-order valence-electron chi connectivity index (χ1n) is 2.75. The Morgan fingerprint density at radius 2 is 2.33 bits per heavy atom. The van der Waals surface area contributed by atoms with Crippen LogP contribution in [0.4, 0.5) is 0 Å². The van der Waals surface area contributed by atoms with Crippen molar-refractivity contribution >= 4 is 5.97 Å². The summed E-state index contributed by atoms with van der Waals surface area (Å²) >= 11 is 0. The fourth-order valence-corrected chi connectivity index (χ4v) is 0.397. The molecule has 0 aliphatic rings. The molecule has 3 heteroatoms. The van der Waals surface area contributed by atoms with Gasteiger partial charge in [-0.15, -0.1) is 0 Å². The summed E-state index contributed by atoms with van der Waals surface area (Å²) in [5.41, 5.74) is 5.47. The number of nitrogens with two attached hydrogens (primary N) is 1. The highest BCUT2D eigenvalue weighted by molar-refractivity contribution is 5.71.